The van der Waals surface area contributed by atoms with E-state index in [1.165, 1.54) is 101 Å². The van der Waals surface area contributed by atoms with Gasteiger partial charge in [-0.25, -0.2) is 4.79 Å². The first kappa shape index (κ1) is 38.4. The third-order valence-corrected chi connectivity index (χ3v) is 11.4. The molecular weight excluding hydrogens is 633 g/mol. The van der Waals surface area contributed by atoms with Crippen LogP contribution in [0.5, 0.6) is 0 Å². The Hall–Kier alpha value is -3.84. The molecule has 8 rings (SSSR count). The van der Waals surface area contributed by atoms with E-state index in [1.807, 2.05) is 62.1 Å². The Labute approximate surface area is 307 Å². The molecule has 0 aromatic heterocycles. The van der Waals surface area contributed by atoms with Crippen molar-refractivity contribution in [1.29, 1.82) is 0 Å². The van der Waals surface area contributed by atoms with E-state index >= 15 is 0 Å². The number of hydrogen-bond acceptors (Lipinski definition) is 6. The lowest BCUT2D eigenvalue weighted by molar-refractivity contribution is -0.111. The van der Waals surface area contributed by atoms with Crippen LogP contribution in [0.4, 0.5) is 21.9 Å². The Morgan fingerprint density at radius 1 is 0.765 bits per heavy atom. The second-order valence-corrected chi connectivity index (χ2v) is 16.2. The van der Waals surface area contributed by atoms with E-state index < -0.39 is 5.60 Å². The normalized spacial score (nSPS) is 19.7. The summed E-state index contributed by atoms with van der Waals surface area (Å²) in [5.74, 6) is 5.51. The first-order valence-electron chi connectivity index (χ1n) is 19.6. The summed E-state index contributed by atoms with van der Waals surface area (Å²) < 4.78 is 5.60. The van der Waals surface area contributed by atoms with Crippen LogP contribution >= 0.6 is 0 Å². The fourth-order valence-corrected chi connectivity index (χ4v) is 8.71. The van der Waals surface area contributed by atoms with Gasteiger partial charge in [-0.15, -0.1) is 0 Å². The summed E-state index contributed by atoms with van der Waals surface area (Å²) in [4.78, 5) is 24.6. The summed E-state index contributed by atoms with van der Waals surface area (Å²) in [6.07, 6.45) is 20.3. The SMILES string of the molecule is CC(C)(C)OC(=O)N1CC2(CCCCC2)c2ccccc21.NNc1ccccc1.O=CC1CCCCC1.c1ccc2c(c1)NCC21CCCCC1. The van der Waals surface area contributed by atoms with Crippen LogP contribution in [-0.2, 0) is 20.4 Å². The Morgan fingerprint density at radius 2 is 1.31 bits per heavy atom. The smallest absolute Gasteiger partial charge is 0.414 e. The number of para-hydroxylation sites is 3. The number of nitrogens with two attached hydrogens (primary N) is 1. The van der Waals surface area contributed by atoms with E-state index in [2.05, 4.69) is 53.2 Å². The van der Waals surface area contributed by atoms with Gasteiger partial charge in [-0.2, -0.15) is 0 Å². The predicted octanol–water partition coefficient (Wildman–Crippen LogP) is 10.7. The van der Waals surface area contributed by atoms with Crippen molar-refractivity contribution in [3.05, 3.63) is 90.0 Å². The Bertz CT molecular complexity index is 1510. The average molecular weight is 695 g/mol. The van der Waals surface area contributed by atoms with Crippen LogP contribution in [0.1, 0.15) is 128 Å². The highest BCUT2D eigenvalue weighted by Gasteiger charge is 2.46. The van der Waals surface area contributed by atoms with Gasteiger partial charge < -0.3 is 20.3 Å². The Morgan fingerprint density at radius 3 is 1.88 bits per heavy atom. The molecule has 1 amide bonds. The molecule has 3 saturated carbocycles. The van der Waals surface area contributed by atoms with Gasteiger partial charge in [-0.1, -0.05) is 112 Å². The highest BCUT2D eigenvalue weighted by molar-refractivity contribution is 5.91. The van der Waals surface area contributed by atoms with Crippen molar-refractivity contribution in [2.75, 3.05) is 28.7 Å². The molecule has 2 aliphatic heterocycles. The molecule has 3 fully saturated rings. The Balaban J connectivity index is 0.000000144. The molecule has 2 spiro atoms. The van der Waals surface area contributed by atoms with Crippen LogP contribution in [-0.4, -0.2) is 31.1 Å². The number of aldehydes is 1. The number of carbonyl (C=O) groups is 2. The van der Waals surface area contributed by atoms with E-state index in [9.17, 15) is 9.59 Å². The minimum atomic E-state index is -0.450. The molecule has 5 aliphatic rings. The molecule has 4 N–H and O–H groups in total. The summed E-state index contributed by atoms with van der Waals surface area (Å²) in [7, 11) is 0. The van der Waals surface area contributed by atoms with Crippen molar-refractivity contribution in [3.8, 4) is 0 Å². The molecule has 0 unspecified atom stereocenters. The monoisotopic (exact) mass is 694 g/mol. The van der Waals surface area contributed by atoms with Gasteiger partial charge in [-0.3, -0.25) is 10.7 Å². The molecule has 7 heteroatoms. The number of ether oxygens (including phenoxy) is 1. The Kier molecular flexibility index (Phi) is 13.6. The van der Waals surface area contributed by atoms with Gasteiger partial charge in [-0.05, 0) is 94.7 Å². The van der Waals surface area contributed by atoms with Crippen LogP contribution in [0.3, 0.4) is 0 Å². The summed E-state index contributed by atoms with van der Waals surface area (Å²) in [5, 5.41) is 3.56. The zero-order valence-electron chi connectivity index (χ0n) is 31.4. The predicted molar refractivity (Wildman–Crippen MR) is 211 cm³/mol. The highest BCUT2D eigenvalue weighted by atomic mass is 16.6. The van der Waals surface area contributed by atoms with Gasteiger partial charge in [0, 0.05) is 41.2 Å². The fraction of sp³-hybridized carbons (Fsp3) is 0.545. The lowest BCUT2D eigenvalue weighted by Crippen LogP contribution is -2.41. The van der Waals surface area contributed by atoms with Gasteiger partial charge in [0.05, 0.1) is 5.69 Å². The van der Waals surface area contributed by atoms with E-state index in [0.29, 0.717) is 11.3 Å². The third-order valence-electron chi connectivity index (χ3n) is 11.4. The van der Waals surface area contributed by atoms with Gasteiger partial charge in [0.15, 0.2) is 0 Å². The zero-order chi connectivity index (χ0) is 36.2. The average Bonchev–Trinajstić information content (AvgIpc) is 3.68. The molecule has 0 atom stereocenters. The van der Waals surface area contributed by atoms with Crippen molar-refractivity contribution in [2.45, 2.75) is 134 Å². The van der Waals surface area contributed by atoms with Crippen molar-refractivity contribution in [1.82, 2.24) is 0 Å². The summed E-state index contributed by atoms with van der Waals surface area (Å²) in [6, 6.07) is 26.8. The minimum Gasteiger partial charge on any atom is -0.443 e. The van der Waals surface area contributed by atoms with Crippen molar-refractivity contribution in [2.24, 2.45) is 11.8 Å². The summed E-state index contributed by atoms with van der Waals surface area (Å²) in [6.45, 7) is 7.71. The number of nitrogen functional groups attached to an aromatic ring is 1. The molecule has 276 valence electrons. The number of anilines is 3. The van der Waals surface area contributed by atoms with Crippen LogP contribution in [0.25, 0.3) is 0 Å². The largest absolute Gasteiger partial charge is 0.443 e. The van der Waals surface area contributed by atoms with Crippen LogP contribution < -0.4 is 21.5 Å². The number of carbonyl (C=O) groups excluding carboxylic acids is 2. The number of hydrogen-bond donors (Lipinski definition) is 3. The summed E-state index contributed by atoms with van der Waals surface area (Å²) >= 11 is 0. The maximum absolute atomic E-state index is 12.6. The molecule has 51 heavy (non-hydrogen) atoms. The molecule has 0 saturated heterocycles. The van der Waals surface area contributed by atoms with Gasteiger partial charge in [0.2, 0.25) is 0 Å². The fourth-order valence-electron chi connectivity index (χ4n) is 8.71. The number of amides is 1. The summed E-state index contributed by atoms with van der Waals surface area (Å²) in [5.41, 5.74) is 9.03. The van der Waals surface area contributed by atoms with E-state index in [1.54, 1.807) is 5.56 Å². The highest BCUT2D eigenvalue weighted by Crippen LogP contribution is 2.49. The van der Waals surface area contributed by atoms with Crippen LogP contribution in [0.15, 0.2) is 78.9 Å². The van der Waals surface area contributed by atoms with Crippen molar-refractivity contribution < 1.29 is 14.3 Å². The quantitative estimate of drug-likeness (QED) is 0.140. The lowest BCUT2D eigenvalue weighted by Gasteiger charge is -2.34. The standard InChI is InChI=1S/C18H25NO2.C13H17N.C7H12O.C6H8N2/c1-17(2,3)21-16(20)19-13-18(11-7-4-8-12-18)14-9-5-6-10-15(14)19;1-4-8-13(9-5-1)10-14-12-7-3-2-6-11(12)13;8-6-7-4-2-1-3-5-7;7-8-6-4-2-1-3-5-6/h5-6,9-10H,4,7-8,11-13H2,1-3H3;2-3,6-7,14H,1,4-5,8-10H2;6-7H,1-5H2;1-5,8H,7H2. The van der Waals surface area contributed by atoms with Crippen molar-refractivity contribution >= 4 is 29.4 Å². The molecule has 2 heterocycles. The maximum Gasteiger partial charge on any atom is 0.414 e. The number of rotatable bonds is 2. The molecule has 7 nitrogen and oxygen atoms in total. The van der Waals surface area contributed by atoms with E-state index in [-0.39, 0.29) is 11.5 Å². The topological polar surface area (TPSA) is 96.7 Å². The van der Waals surface area contributed by atoms with E-state index in [4.69, 9.17) is 10.6 Å². The zero-order valence-corrected chi connectivity index (χ0v) is 31.4. The third kappa shape index (κ3) is 10.2. The first-order chi connectivity index (χ1) is 24.7. The molecule has 0 bridgehead atoms. The molecule has 3 aromatic carbocycles. The molecular formula is C44H62N4O3. The number of nitrogens with one attached hydrogen (secondary N) is 2. The molecule has 3 aromatic rings. The number of fused-ring (bicyclic) bond motifs is 4. The second-order valence-electron chi connectivity index (χ2n) is 16.2. The second kappa shape index (κ2) is 18.1. The minimum absolute atomic E-state index is 0.158. The van der Waals surface area contributed by atoms with Gasteiger partial charge in [0.1, 0.15) is 11.9 Å². The lowest BCUT2D eigenvalue weighted by atomic mass is 9.71. The van der Waals surface area contributed by atoms with E-state index in [0.717, 1.165) is 37.0 Å². The van der Waals surface area contributed by atoms with Crippen molar-refractivity contribution in [3.63, 3.8) is 0 Å². The van der Waals surface area contributed by atoms with Gasteiger partial charge in [0.25, 0.3) is 0 Å². The number of benzene rings is 3. The maximum atomic E-state index is 12.6. The molecule has 3 aliphatic carbocycles. The molecule has 0 radical (unpaired) electrons. The number of nitrogens with zero attached hydrogens (tertiary/aromatic N) is 1. The van der Waals surface area contributed by atoms with Crippen LogP contribution in [0.2, 0.25) is 0 Å². The number of hydrazine groups is 1. The van der Waals surface area contributed by atoms with Gasteiger partial charge >= 0.3 is 6.09 Å². The first-order valence-corrected chi connectivity index (χ1v) is 19.6. The van der Waals surface area contributed by atoms with Crippen LogP contribution in [0, 0.1) is 5.92 Å².